The summed E-state index contributed by atoms with van der Waals surface area (Å²) in [6.07, 6.45) is 0.123. The van der Waals surface area contributed by atoms with Gasteiger partial charge < -0.3 is 15.3 Å². The predicted molar refractivity (Wildman–Crippen MR) is 91.9 cm³/mol. The number of carbonyl (C=O) groups excluding carboxylic acids is 3. The Kier molecular flexibility index (Phi) is 9.50. The fourth-order valence-electron chi connectivity index (χ4n) is 3.06. The third-order valence-electron chi connectivity index (χ3n) is 4.72. The molecule has 4 N–H and O–H groups in total. The summed E-state index contributed by atoms with van der Waals surface area (Å²) < 4.78 is 14.4. The van der Waals surface area contributed by atoms with E-state index in [0.29, 0.717) is 32.2 Å². The number of halogens is 1. The van der Waals surface area contributed by atoms with Gasteiger partial charge >= 0.3 is 0 Å². The van der Waals surface area contributed by atoms with E-state index in [1.54, 1.807) is 6.92 Å². The molecule has 1 heterocycles. The monoisotopic (exact) mass is 375 g/mol. The lowest BCUT2D eigenvalue weighted by molar-refractivity contribution is -0.149. The predicted octanol–water partition coefficient (Wildman–Crippen LogP) is 0.514. The first-order chi connectivity index (χ1) is 12.4. The van der Waals surface area contributed by atoms with Gasteiger partial charge in [0.05, 0.1) is 12.0 Å². The van der Waals surface area contributed by atoms with Gasteiger partial charge in [-0.15, -0.1) is 0 Å². The number of aliphatic hydroxyl groups excluding tert-OH is 1. The van der Waals surface area contributed by atoms with Crippen LogP contribution in [0.2, 0.25) is 0 Å². The van der Waals surface area contributed by atoms with Crippen molar-refractivity contribution >= 4 is 17.7 Å². The number of carbonyl (C=O) groups is 3. The average Bonchev–Trinajstić information content (AvgIpc) is 3.14. The minimum Gasteiger partial charge on any atom is -0.391 e. The van der Waals surface area contributed by atoms with Crippen molar-refractivity contribution in [2.24, 2.45) is 5.92 Å². The van der Waals surface area contributed by atoms with Gasteiger partial charge in [-0.05, 0) is 25.7 Å². The van der Waals surface area contributed by atoms with Crippen molar-refractivity contribution < 1.29 is 29.1 Å². The fraction of sp³-hybridized carbons (Fsp3) is 0.824. The van der Waals surface area contributed by atoms with Gasteiger partial charge in [-0.1, -0.05) is 26.7 Å². The van der Waals surface area contributed by atoms with Crippen molar-refractivity contribution in [1.29, 1.82) is 0 Å². The number of aliphatic hydroxyl groups is 1. The molecule has 26 heavy (non-hydrogen) atoms. The summed E-state index contributed by atoms with van der Waals surface area (Å²) in [5, 5.41) is 20.8. The number of nitrogens with one attached hydrogen (secondary N) is 2. The molecule has 3 amide bonds. The molecule has 0 saturated carbocycles. The summed E-state index contributed by atoms with van der Waals surface area (Å²) >= 11 is 0. The number of nitrogens with zero attached hydrogens (tertiary/aromatic N) is 1. The highest BCUT2D eigenvalue weighted by atomic mass is 19.1. The van der Waals surface area contributed by atoms with Crippen molar-refractivity contribution in [3.63, 3.8) is 0 Å². The molecule has 150 valence electrons. The van der Waals surface area contributed by atoms with Gasteiger partial charge in [-0.2, -0.15) is 0 Å². The smallest absolute Gasteiger partial charge is 0.278 e. The van der Waals surface area contributed by atoms with Crippen molar-refractivity contribution in [3.05, 3.63) is 0 Å². The lowest BCUT2D eigenvalue weighted by Crippen LogP contribution is -2.51. The third-order valence-corrected chi connectivity index (χ3v) is 4.72. The number of rotatable bonds is 10. The van der Waals surface area contributed by atoms with Crippen molar-refractivity contribution in [2.45, 2.75) is 70.7 Å². The molecular formula is C17H30FN3O5. The van der Waals surface area contributed by atoms with Crippen molar-refractivity contribution in [2.75, 3.05) is 13.1 Å². The van der Waals surface area contributed by atoms with E-state index >= 15 is 0 Å². The van der Waals surface area contributed by atoms with E-state index in [1.165, 1.54) is 10.4 Å². The Balaban J connectivity index is 2.84. The van der Waals surface area contributed by atoms with Gasteiger partial charge in [0.25, 0.3) is 5.91 Å². The zero-order valence-electron chi connectivity index (χ0n) is 15.4. The topological polar surface area (TPSA) is 119 Å². The van der Waals surface area contributed by atoms with Crippen molar-refractivity contribution in [3.8, 4) is 0 Å². The zero-order chi connectivity index (χ0) is 19.7. The fourth-order valence-corrected chi connectivity index (χ4v) is 3.06. The molecule has 1 saturated heterocycles. The molecule has 0 radical (unpaired) electrons. The van der Waals surface area contributed by atoms with E-state index < -0.39 is 36.0 Å². The van der Waals surface area contributed by atoms with Crippen LogP contribution in [0.4, 0.5) is 4.39 Å². The average molecular weight is 375 g/mol. The number of unbranched alkanes of at least 4 members (excludes halogenated alkanes) is 1. The van der Waals surface area contributed by atoms with Gasteiger partial charge in [0.15, 0.2) is 6.17 Å². The highest BCUT2D eigenvalue weighted by molar-refractivity contribution is 5.92. The van der Waals surface area contributed by atoms with Crippen LogP contribution in [-0.4, -0.2) is 64.3 Å². The summed E-state index contributed by atoms with van der Waals surface area (Å²) in [4.78, 5) is 37.9. The Bertz CT molecular complexity index is 491. The van der Waals surface area contributed by atoms with Gasteiger partial charge in [0.2, 0.25) is 11.8 Å². The second kappa shape index (κ2) is 11.1. The Labute approximate surface area is 153 Å². The standard InChI is InChI=1S/C17H30FN3O5/c1-3-5-7-12(14(18)16(24)20-26)17(25)21-9-6-8-13(21)15(23)19-10-11(22)4-2/h11-14,22,26H,3-10H2,1-2H3,(H,19,23)(H,20,24)/t11-,12?,13-,14?/m0/s1. The van der Waals surface area contributed by atoms with Crippen LogP contribution in [0.5, 0.6) is 0 Å². The number of alkyl halides is 1. The Morgan fingerprint density at radius 2 is 2.00 bits per heavy atom. The maximum absolute atomic E-state index is 14.4. The minimum absolute atomic E-state index is 0.0891. The molecule has 0 spiro atoms. The molecule has 8 nitrogen and oxygen atoms in total. The maximum atomic E-state index is 14.4. The molecule has 1 rings (SSSR count). The van der Waals surface area contributed by atoms with Crippen LogP contribution in [0.1, 0.15) is 52.4 Å². The van der Waals surface area contributed by atoms with E-state index in [4.69, 9.17) is 5.21 Å². The van der Waals surface area contributed by atoms with E-state index in [0.717, 1.165) is 6.42 Å². The number of hydrogen-bond acceptors (Lipinski definition) is 5. The molecule has 2 unspecified atom stereocenters. The van der Waals surface area contributed by atoms with E-state index in [1.807, 2.05) is 6.92 Å². The summed E-state index contributed by atoms with van der Waals surface area (Å²) in [5.74, 6) is -3.48. The number of hydroxylamine groups is 1. The third kappa shape index (κ3) is 5.91. The molecular weight excluding hydrogens is 345 g/mol. The number of hydrogen-bond donors (Lipinski definition) is 4. The van der Waals surface area contributed by atoms with E-state index in [2.05, 4.69) is 5.32 Å². The summed E-state index contributed by atoms with van der Waals surface area (Å²) in [7, 11) is 0. The van der Waals surface area contributed by atoms with Crippen molar-refractivity contribution in [1.82, 2.24) is 15.7 Å². The van der Waals surface area contributed by atoms with Crippen LogP contribution in [0.25, 0.3) is 0 Å². The Morgan fingerprint density at radius 1 is 1.31 bits per heavy atom. The molecule has 0 aromatic heterocycles. The molecule has 1 fully saturated rings. The van der Waals surface area contributed by atoms with Crippen LogP contribution < -0.4 is 10.8 Å². The number of likely N-dealkylation sites (tertiary alicyclic amines) is 1. The summed E-state index contributed by atoms with van der Waals surface area (Å²) in [6, 6.07) is -0.736. The highest BCUT2D eigenvalue weighted by Crippen LogP contribution is 2.25. The SMILES string of the molecule is CCCCC(C(=O)N1CCC[C@H]1C(=O)NC[C@@H](O)CC)C(F)C(=O)NO. The lowest BCUT2D eigenvalue weighted by atomic mass is 9.94. The molecule has 1 aliphatic rings. The molecule has 9 heteroatoms. The van der Waals surface area contributed by atoms with Crippen LogP contribution in [0.3, 0.4) is 0 Å². The minimum atomic E-state index is -2.18. The second-order valence-electron chi connectivity index (χ2n) is 6.62. The quantitative estimate of drug-likeness (QED) is 0.328. The second-order valence-corrected chi connectivity index (χ2v) is 6.62. The Morgan fingerprint density at radius 3 is 2.58 bits per heavy atom. The zero-order valence-corrected chi connectivity index (χ0v) is 15.4. The first kappa shape index (κ1) is 22.3. The van der Waals surface area contributed by atoms with Gasteiger partial charge in [-0.3, -0.25) is 19.6 Å². The van der Waals surface area contributed by atoms with Crippen LogP contribution >= 0.6 is 0 Å². The molecule has 0 aromatic carbocycles. The lowest BCUT2D eigenvalue weighted by Gasteiger charge is -2.29. The van der Waals surface area contributed by atoms with Gasteiger partial charge in [0, 0.05) is 13.1 Å². The van der Waals surface area contributed by atoms with E-state index in [9.17, 15) is 23.9 Å². The molecule has 4 atom stereocenters. The first-order valence-corrected chi connectivity index (χ1v) is 9.21. The summed E-state index contributed by atoms with van der Waals surface area (Å²) in [6.45, 7) is 4.06. The van der Waals surface area contributed by atoms with E-state index in [-0.39, 0.29) is 18.9 Å². The van der Waals surface area contributed by atoms with Gasteiger partial charge in [0.1, 0.15) is 6.04 Å². The highest BCUT2D eigenvalue weighted by Gasteiger charge is 2.41. The first-order valence-electron chi connectivity index (χ1n) is 9.21. The van der Waals surface area contributed by atoms with Gasteiger partial charge in [-0.25, -0.2) is 9.87 Å². The number of amides is 3. The maximum Gasteiger partial charge on any atom is 0.278 e. The molecule has 0 aliphatic carbocycles. The molecule has 0 aromatic rings. The normalized spacial score (nSPS) is 20.3. The molecule has 1 aliphatic heterocycles. The van der Waals surface area contributed by atoms with Crippen LogP contribution in [-0.2, 0) is 14.4 Å². The summed E-state index contributed by atoms with van der Waals surface area (Å²) in [5.41, 5.74) is 1.25. The molecule has 0 bridgehead atoms. The van der Waals surface area contributed by atoms with Crippen LogP contribution in [0.15, 0.2) is 0 Å². The largest absolute Gasteiger partial charge is 0.391 e. The Hall–Kier alpha value is -1.74. The van der Waals surface area contributed by atoms with Crippen LogP contribution in [0, 0.1) is 5.92 Å².